The molecule has 2 heterocycles. The minimum atomic E-state index is -0.305. The van der Waals surface area contributed by atoms with Gasteiger partial charge in [-0.2, -0.15) is 0 Å². The zero-order chi connectivity index (χ0) is 22.7. The second-order valence-electron chi connectivity index (χ2n) is 7.77. The largest absolute Gasteiger partial charge is 0.493 e. The van der Waals surface area contributed by atoms with Gasteiger partial charge in [0.15, 0.2) is 11.5 Å². The van der Waals surface area contributed by atoms with Crippen LogP contribution in [-0.2, 0) is 4.79 Å². The third-order valence-electron chi connectivity index (χ3n) is 5.81. The Kier molecular flexibility index (Phi) is 6.20. The van der Waals surface area contributed by atoms with Crippen LogP contribution >= 0.6 is 0 Å². The molecule has 2 aromatic carbocycles. The molecular weight excluding hydrogens is 410 g/mol. The standard InChI is InChI=1S/C24H27N3O5/c1-30-20-12-18(13-21(31-2)22(20)32-3)26-23(28)17-5-4-10-27(14-17)24(29)16-7-6-15-8-9-25-19(15)11-16/h6-9,11-13,17,25H,4-5,10,14H2,1-3H3,(H,26,28). The van der Waals surface area contributed by atoms with Crippen molar-refractivity contribution < 1.29 is 23.8 Å². The van der Waals surface area contributed by atoms with Gasteiger partial charge >= 0.3 is 0 Å². The van der Waals surface area contributed by atoms with Crippen molar-refractivity contribution in [3.05, 3.63) is 48.2 Å². The summed E-state index contributed by atoms with van der Waals surface area (Å²) < 4.78 is 16.0. The van der Waals surface area contributed by atoms with Crippen LogP contribution in [0.15, 0.2) is 42.6 Å². The van der Waals surface area contributed by atoms with Gasteiger partial charge in [0.05, 0.1) is 27.2 Å². The summed E-state index contributed by atoms with van der Waals surface area (Å²) in [6.07, 6.45) is 3.34. The maximum absolute atomic E-state index is 13.1. The van der Waals surface area contributed by atoms with Gasteiger partial charge in [-0.25, -0.2) is 0 Å². The van der Waals surface area contributed by atoms with Gasteiger partial charge in [0.1, 0.15) is 0 Å². The Labute approximate surface area is 186 Å². The number of piperidine rings is 1. The second kappa shape index (κ2) is 9.21. The summed E-state index contributed by atoms with van der Waals surface area (Å²) in [4.78, 5) is 31.0. The Bertz CT molecular complexity index is 1110. The monoisotopic (exact) mass is 437 g/mol. The van der Waals surface area contributed by atoms with Gasteiger partial charge in [-0.1, -0.05) is 6.07 Å². The number of hydrogen-bond donors (Lipinski definition) is 2. The van der Waals surface area contributed by atoms with Crippen LogP contribution in [0.25, 0.3) is 10.9 Å². The maximum atomic E-state index is 13.1. The number of likely N-dealkylation sites (tertiary alicyclic amines) is 1. The summed E-state index contributed by atoms with van der Waals surface area (Å²) in [5.41, 5.74) is 2.08. The first-order chi connectivity index (χ1) is 15.5. The van der Waals surface area contributed by atoms with Gasteiger partial charge < -0.3 is 29.4 Å². The molecule has 2 N–H and O–H groups in total. The Morgan fingerprint density at radius 3 is 2.47 bits per heavy atom. The molecule has 1 aliphatic heterocycles. The molecule has 32 heavy (non-hydrogen) atoms. The number of benzene rings is 2. The molecule has 1 aliphatic rings. The number of fused-ring (bicyclic) bond motifs is 1. The molecule has 0 spiro atoms. The number of rotatable bonds is 6. The van der Waals surface area contributed by atoms with Crippen LogP contribution in [0.3, 0.4) is 0 Å². The maximum Gasteiger partial charge on any atom is 0.253 e. The lowest BCUT2D eigenvalue weighted by atomic mass is 9.96. The van der Waals surface area contributed by atoms with Crippen LogP contribution in [0.1, 0.15) is 23.2 Å². The van der Waals surface area contributed by atoms with E-state index in [9.17, 15) is 9.59 Å². The minimum absolute atomic E-state index is 0.0632. The molecule has 4 rings (SSSR count). The quantitative estimate of drug-likeness (QED) is 0.614. The van der Waals surface area contributed by atoms with Crippen molar-refractivity contribution in [2.24, 2.45) is 5.92 Å². The van der Waals surface area contributed by atoms with Crippen LogP contribution in [0.5, 0.6) is 17.2 Å². The third kappa shape index (κ3) is 4.21. The van der Waals surface area contributed by atoms with Crippen LogP contribution in [0.4, 0.5) is 5.69 Å². The van der Waals surface area contributed by atoms with Crippen molar-refractivity contribution >= 4 is 28.4 Å². The van der Waals surface area contributed by atoms with E-state index in [4.69, 9.17) is 14.2 Å². The van der Waals surface area contributed by atoms with Crippen molar-refractivity contribution in [1.82, 2.24) is 9.88 Å². The number of nitrogens with zero attached hydrogens (tertiary/aromatic N) is 1. The third-order valence-corrected chi connectivity index (χ3v) is 5.81. The summed E-state index contributed by atoms with van der Waals surface area (Å²) in [6, 6.07) is 11.0. The summed E-state index contributed by atoms with van der Waals surface area (Å²) in [6.45, 7) is 1.01. The SMILES string of the molecule is COc1cc(NC(=O)C2CCCN(C(=O)c3ccc4cc[nH]c4c3)C2)cc(OC)c1OC. The predicted molar refractivity (Wildman–Crippen MR) is 122 cm³/mol. The van der Waals surface area contributed by atoms with Gasteiger partial charge in [0.2, 0.25) is 11.7 Å². The van der Waals surface area contributed by atoms with Gasteiger partial charge in [-0.05, 0) is 36.4 Å². The summed E-state index contributed by atoms with van der Waals surface area (Å²) >= 11 is 0. The van der Waals surface area contributed by atoms with Crippen LogP contribution in [0, 0.1) is 5.92 Å². The molecule has 0 bridgehead atoms. The lowest BCUT2D eigenvalue weighted by Crippen LogP contribution is -2.43. The molecule has 0 saturated carbocycles. The minimum Gasteiger partial charge on any atom is -0.493 e. The molecule has 1 unspecified atom stereocenters. The molecule has 1 atom stereocenters. The number of aromatic nitrogens is 1. The van der Waals surface area contributed by atoms with Gasteiger partial charge in [-0.3, -0.25) is 9.59 Å². The predicted octanol–water partition coefficient (Wildman–Crippen LogP) is 3.68. The van der Waals surface area contributed by atoms with Gasteiger partial charge in [0.25, 0.3) is 5.91 Å². The summed E-state index contributed by atoms with van der Waals surface area (Å²) in [5.74, 6) is 0.871. The molecule has 8 heteroatoms. The Balaban J connectivity index is 1.47. The summed E-state index contributed by atoms with van der Waals surface area (Å²) in [5, 5.41) is 3.99. The van der Waals surface area contributed by atoms with Crippen LogP contribution < -0.4 is 19.5 Å². The molecular formula is C24H27N3O5. The number of hydrogen-bond acceptors (Lipinski definition) is 5. The number of carbonyl (C=O) groups excluding carboxylic acids is 2. The number of aromatic amines is 1. The number of carbonyl (C=O) groups is 2. The lowest BCUT2D eigenvalue weighted by Gasteiger charge is -2.32. The number of ether oxygens (including phenoxy) is 3. The molecule has 1 fully saturated rings. The van der Waals surface area contributed by atoms with Crippen molar-refractivity contribution in [2.45, 2.75) is 12.8 Å². The highest BCUT2D eigenvalue weighted by Crippen LogP contribution is 2.40. The first-order valence-corrected chi connectivity index (χ1v) is 10.5. The molecule has 3 aromatic rings. The van der Waals surface area contributed by atoms with E-state index in [2.05, 4.69) is 10.3 Å². The van der Waals surface area contributed by atoms with Crippen molar-refractivity contribution in [2.75, 3.05) is 39.7 Å². The molecule has 2 amide bonds. The second-order valence-corrected chi connectivity index (χ2v) is 7.77. The molecule has 8 nitrogen and oxygen atoms in total. The van der Waals surface area contributed by atoms with E-state index >= 15 is 0 Å². The fraction of sp³-hybridized carbons (Fsp3) is 0.333. The van der Waals surface area contributed by atoms with E-state index in [0.717, 1.165) is 23.7 Å². The normalized spacial score (nSPS) is 16.0. The number of methoxy groups -OCH3 is 3. The smallest absolute Gasteiger partial charge is 0.253 e. The number of H-pyrrole nitrogens is 1. The van der Waals surface area contributed by atoms with Crippen molar-refractivity contribution in [1.29, 1.82) is 0 Å². The van der Waals surface area contributed by atoms with Crippen molar-refractivity contribution in [3.63, 3.8) is 0 Å². The van der Waals surface area contributed by atoms with E-state index < -0.39 is 0 Å². The highest BCUT2D eigenvalue weighted by Gasteiger charge is 2.29. The van der Waals surface area contributed by atoms with E-state index in [0.29, 0.717) is 41.6 Å². The number of anilines is 1. The molecule has 0 aliphatic carbocycles. The molecule has 168 valence electrons. The van der Waals surface area contributed by atoms with E-state index in [-0.39, 0.29) is 17.7 Å². The average molecular weight is 437 g/mol. The highest BCUT2D eigenvalue weighted by molar-refractivity contribution is 5.99. The zero-order valence-electron chi connectivity index (χ0n) is 18.4. The van der Waals surface area contributed by atoms with E-state index in [1.165, 1.54) is 21.3 Å². The first kappa shape index (κ1) is 21.5. The number of nitrogens with one attached hydrogen (secondary N) is 2. The van der Waals surface area contributed by atoms with E-state index in [1.807, 2.05) is 30.5 Å². The fourth-order valence-corrected chi connectivity index (χ4v) is 4.14. The van der Waals surface area contributed by atoms with Gasteiger partial charge in [-0.15, -0.1) is 0 Å². The average Bonchev–Trinajstić information content (AvgIpc) is 3.30. The Morgan fingerprint density at radius 2 is 1.78 bits per heavy atom. The Morgan fingerprint density at radius 1 is 1.03 bits per heavy atom. The summed E-state index contributed by atoms with van der Waals surface area (Å²) in [7, 11) is 4.58. The van der Waals surface area contributed by atoms with E-state index in [1.54, 1.807) is 17.0 Å². The topological polar surface area (TPSA) is 92.9 Å². The molecule has 0 radical (unpaired) electrons. The molecule has 1 aromatic heterocycles. The van der Waals surface area contributed by atoms with Crippen LogP contribution in [-0.4, -0.2) is 56.1 Å². The lowest BCUT2D eigenvalue weighted by molar-refractivity contribution is -0.121. The molecule has 1 saturated heterocycles. The number of amides is 2. The van der Waals surface area contributed by atoms with Gasteiger partial charge in [0, 0.05) is 48.2 Å². The van der Waals surface area contributed by atoms with Crippen LogP contribution in [0.2, 0.25) is 0 Å². The highest BCUT2D eigenvalue weighted by atomic mass is 16.5. The first-order valence-electron chi connectivity index (χ1n) is 10.5. The zero-order valence-corrected chi connectivity index (χ0v) is 18.4. The van der Waals surface area contributed by atoms with Crippen molar-refractivity contribution in [3.8, 4) is 17.2 Å². The Hall–Kier alpha value is -3.68. The fourth-order valence-electron chi connectivity index (χ4n) is 4.14.